The van der Waals surface area contributed by atoms with Gasteiger partial charge in [-0.2, -0.15) is 0 Å². The highest BCUT2D eigenvalue weighted by Gasteiger charge is 2.65. The molecular weight excluding hydrogens is 224 g/mol. The Balaban J connectivity index is 3.05. The van der Waals surface area contributed by atoms with Crippen molar-refractivity contribution >= 4 is 5.97 Å². The number of hydrogen-bond donors (Lipinski definition) is 0. The second-order valence-electron chi connectivity index (χ2n) is 6.14. The third-order valence-electron chi connectivity index (χ3n) is 3.75. The predicted octanol–water partition coefficient (Wildman–Crippen LogP) is 3.57. The lowest BCUT2D eigenvalue weighted by molar-refractivity contribution is -0.152. The summed E-state index contributed by atoms with van der Waals surface area (Å²) in [4.78, 5) is 11.3. The number of hydrogen-bond acceptors (Lipinski definition) is 2. The van der Waals surface area contributed by atoms with Crippen LogP contribution in [0.15, 0.2) is 11.6 Å². The Hall–Kier alpha value is -1.23. The molecule has 0 aromatic heterocycles. The molecule has 1 rings (SSSR count). The van der Waals surface area contributed by atoms with Crippen LogP contribution >= 0.6 is 0 Å². The number of rotatable bonds is 3. The summed E-state index contributed by atoms with van der Waals surface area (Å²) in [5, 5.41) is 0. The summed E-state index contributed by atoms with van der Waals surface area (Å²) in [5.41, 5.74) is 0.747. The van der Waals surface area contributed by atoms with Gasteiger partial charge in [0.2, 0.25) is 0 Å². The lowest BCUT2D eigenvalue weighted by atomic mass is 9.94. The fraction of sp³-hybridized carbons (Fsp3) is 0.688. The Bertz CT molecular complexity index is 430. The molecule has 0 aliphatic heterocycles. The van der Waals surface area contributed by atoms with E-state index in [4.69, 9.17) is 4.74 Å². The quantitative estimate of drug-likeness (QED) is 0.433. The third kappa shape index (κ3) is 2.77. The topological polar surface area (TPSA) is 26.3 Å². The number of carbonyl (C=O) groups excluding carboxylic acids is 1. The van der Waals surface area contributed by atoms with Crippen LogP contribution in [0.2, 0.25) is 0 Å². The van der Waals surface area contributed by atoms with Crippen LogP contribution in [0, 0.1) is 29.1 Å². The first kappa shape index (κ1) is 14.8. The first-order valence-electron chi connectivity index (χ1n) is 6.43. The molecule has 100 valence electrons. The lowest BCUT2D eigenvalue weighted by Gasteiger charge is -2.25. The van der Waals surface area contributed by atoms with Crippen LogP contribution in [-0.2, 0) is 9.53 Å². The average Bonchev–Trinajstić information content (AvgIpc) is 2.66. The summed E-state index contributed by atoms with van der Waals surface area (Å²) in [5.74, 6) is 6.41. The van der Waals surface area contributed by atoms with Crippen molar-refractivity contribution in [1.82, 2.24) is 0 Å². The Morgan fingerprint density at radius 3 is 2.28 bits per heavy atom. The minimum Gasteiger partial charge on any atom is -0.446 e. The maximum absolute atomic E-state index is 11.3. The maximum atomic E-state index is 11.3. The minimum atomic E-state index is -0.680. The Kier molecular flexibility index (Phi) is 3.96. The molecule has 0 aromatic rings. The third-order valence-corrected chi connectivity index (χ3v) is 3.75. The van der Waals surface area contributed by atoms with Gasteiger partial charge in [0.1, 0.15) is 0 Å². The van der Waals surface area contributed by atoms with E-state index in [2.05, 4.69) is 45.6 Å². The molecule has 1 unspecified atom stereocenters. The van der Waals surface area contributed by atoms with Crippen LogP contribution in [0.1, 0.15) is 48.5 Å². The molecule has 0 saturated heterocycles. The maximum Gasteiger partial charge on any atom is 0.304 e. The van der Waals surface area contributed by atoms with Gasteiger partial charge in [0, 0.05) is 12.8 Å². The van der Waals surface area contributed by atoms with Gasteiger partial charge in [0.25, 0.3) is 0 Å². The van der Waals surface area contributed by atoms with Crippen molar-refractivity contribution in [1.29, 1.82) is 0 Å². The summed E-state index contributed by atoms with van der Waals surface area (Å²) in [6.07, 6.45) is 2.27. The molecule has 3 atom stereocenters. The molecule has 1 fully saturated rings. The van der Waals surface area contributed by atoms with E-state index in [0.29, 0.717) is 5.92 Å². The van der Waals surface area contributed by atoms with Crippen LogP contribution in [0.25, 0.3) is 0 Å². The van der Waals surface area contributed by atoms with Crippen molar-refractivity contribution in [2.24, 2.45) is 17.3 Å². The van der Waals surface area contributed by atoms with Gasteiger partial charge in [-0.1, -0.05) is 31.4 Å². The van der Waals surface area contributed by atoms with Crippen molar-refractivity contribution in [3.8, 4) is 11.8 Å². The fourth-order valence-corrected chi connectivity index (χ4v) is 3.11. The molecule has 0 spiro atoms. The van der Waals surface area contributed by atoms with Gasteiger partial charge < -0.3 is 4.74 Å². The number of ether oxygens (including phenoxy) is 1. The van der Waals surface area contributed by atoms with Crippen LogP contribution < -0.4 is 0 Å². The van der Waals surface area contributed by atoms with Crippen LogP contribution in [0.3, 0.4) is 0 Å². The van der Waals surface area contributed by atoms with Gasteiger partial charge in [-0.25, -0.2) is 0 Å². The van der Waals surface area contributed by atoms with E-state index < -0.39 is 5.60 Å². The molecule has 18 heavy (non-hydrogen) atoms. The van der Waals surface area contributed by atoms with E-state index in [-0.39, 0.29) is 17.3 Å². The number of allylic oxidation sites excluding steroid dienone is 2. The normalized spacial score (nSPS) is 27.3. The van der Waals surface area contributed by atoms with E-state index in [1.54, 1.807) is 6.92 Å². The van der Waals surface area contributed by atoms with Crippen molar-refractivity contribution in [2.45, 2.75) is 54.1 Å². The number of esters is 1. The first-order chi connectivity index (χ1) is 8.15. The van der Waals surface area contributed by atoms with Gasteiger partial charge in [0.15, 0.2) is 5.60 Å². The summed E-state index contributed by atoms with van der Waals surface area (Å²) in [6, 6.07) is 0. The van der Waals surface area contributed by atoms with Gasteiger partial charge in [0.05, 0.1) is 0 Å². The molecule has 0 aromatic carbocycles. The zero-order valence-electron chi connectivity index (χ0n) is 12.5. The van der Waals surface area contributed by atoms with E-state index in [9.17, 15) is 4.79 Å². The second-order valence-corrected chi connectivity index (χ2v) is 6.14. The highest BCUT2D eigenvalue weighted by atomic mass is 16.6. The molecule has 2 nitrogen and oxygen atoms in total. The lowest BCUT2D eigenvalue weighted by Crippen LogP contribution is -2.34. The second kappa shape index (κ2) is 4.80. The zero-order chi connectivity index (χ0) is 14.1. The molecule has 0 bridgehead atoms. The zero-order valence-corrected chi connectivity index (χ0v) is 12.5. The van der Waals surface area contributed by atoms with Crippen LogP contribution in [0.5, 0.6) is 0 Å². The van der Waals surface area contributed by atoms with Crippen molar-refractivity contribution in [2.75, 3.05) is 0 Å². The van der Waals surface area contributed by atoms with Gasteiger partial charge in [-0.15, -0.1) is 5.92 Å². The van der Waals surface area contributed by atoms with E-state index >= 15 is 0 Å². The summed E-state index contributed by atoms with van der Waals surface area (Å²) in [7, 11) is 0. The monoisotopic (exact) mass is 248 g/mol. The Labute approximate surface area is 111 Å². The average molecular weight is 248 g/mol. The Morgan fingerprint density at radius 1 is 1.33 bits per heavy atom. The number of carbonyl (C=O) groups is 1. The molecule has 0 heterocycles. The van der Waals surface area contributed by atoms with Gasteiger partial charge in [-0.05, 0) is 39.0 Å². The molecule has 2 heteroatoms. The molecule has 0 radical (unpaired) electrons. The highest BCUT2D eigenvalue weighted by molar-refractivity contribution is 5.67. The molecular formula is C16H24O2. The fourth-order valence-electron chi connectivity index (χ4n) is 3.11. The minimum absolute atomic E-state index is 0.130. The summed E-state index contributed by atoms with van der Waals surface area (Å²) in [6.45, 7) is 13.8. The molecule has 1 aliphatic carbocycles. The highest BCUT2D eigenvalue weighted by Crippen LogP contribution is 2.64. The standard InChI is InChI=1S/C16H24O2/c1-8-9-16(7,18-12(4)17)14-13(10-11(2)3)15(14,5)6/h10,13-14H,1-7H3/t13-,14-,16?/m0/s1. The smallest absolute Gasteiger partial charge is 0.304 e. The predicted molar refractivity (Wildman–Crippen MR) is 73.8 cm³/mol. The Morgan fingerprint density at radius 2 is 1.89 bits per heavy atom. The SMILES string of the molecule is CC#CC(C)(OC(C)=O)[C@H]1[C@H](C=C(C)C)C1(C)C. The van der Waals surface area contributed by atoms with Crippen LogP contribution in [0.4, 0.5) is 0 Å². The largest absolute Gasteiger partial charge is 0.446 e. The van der Waals surface area contributed by atoms with E-state index in [1.165, 1.54) is 12.5 Å². The molecule has 1 saturated carbocycles. The van der Waals surface area contributed by atoms with Gasteiger partial charge in [-0.3, -0.25) is 4.79 Å². The molecule has 1 aliphatic rings. The summed E-state index contributed by atoms with van der Waals surface area (Å²) < 4.78 is 5.51. The van der Waals surface area contributed by atoms with Crippen LogP contribution in [-0.4, -0.2) is 11.6 Å². The van der Waals surface area contributed by atoms with E-state index in [0.717, 1.165) is 0 Å². The molecule has 0 N–H and O–H groups in total. The van der Waals surface area contributed by atoms with Crippen molar-refractivity contribution in [3.05, 3.63) is 11.6 Å². The first-order valence-corrected chi connectivity index (χ1v) is 6.43. The summed E-state index contributed by atoms with van der Waals surface area (Å²) >= 11 is 0. The van der Waals surface area contributed by atoms with Crippen molar-refractivity contribution < 1.29 is 9.53 Å². The van der Waals surface area contributed by atoms with Gasteiger partial charge >= 0.3 is 5.97 Å². The van der Waals surface area contributed by atoms with Crippen molar-refractivity contribution in [3.63, 3.8) is 0 Å². The molecule has 0 amide bonds. The van der Waals surface area contributed by atoms with E-state index in [1.807, 2.05) is 6.92 Å².